The van der Waals surface area contributed by atoms with Crippen LogP contribution in [0.25, 0.3) is 0 Å². The zero-order valence-corrected chi connectivity index (χ0v) is 10.8. The van der Waals surface area contributed by atoms with E-state index in [-0.39, 0.29) is 0 Å². The predicted octanol–water partition coefficient (Wildman–Crippen LogP) is 0.458. The van der Waals surface area contributed by atoms with Crippen molar-refractivity contribution in [2.24, 2.45) is 0 Å². The fourth-order valence-electron chi connectivity index (χ4n) is 1.00. The van der Waals surface area contributed by atoms with E-state index in [0.29, 0.717) is 46.2 Å². The molecule has 102 valence electrons. The van der Waals surface area contributed by atoms with Gasteiger partial charge in [0.1, 0.15) is 0 Å². The summed E-state index contributed by atoms with van der Waals surface area (Å²) in [5.41, 5.74) is 0. The Morgan fingerprint density at radius 2 is 1.29 bits per heavy atom. The molecule has 0 radical (unpaired) electrons. The molecule has 0 heterocycles. The quantitative estimate of drug-likeness (QED) is 0.357. The van der Waals surface area contributed by atoms with Gasteiger partial charge in [-0.3, -0.25) is 0 Å². The van der Waals surface area contributed by atoms with Gasteiger partial charge in [-0.25, -0.2) is 0 Å². The summed E-state index contributed by atoms with van der Waals surface area (Å²) in [6, 6.07) is 0. The van der Waals surface area contributed by atoms with Crippen LogP contribution in [0, 0.1) is 0 Å². The molecule has 0 aromatic rings. The summed E-state index contributed by atoms with van der Waals surface area (Å²) >= 11 is 0. The predicted molar refractivity (Wildman–Crippen MR) is 67.4 cm³/mol. The van der Waals surface area contributed by atoms with Gasteiger partial charge in [0.25, 0.3) is 0 Å². The van der Waals surface area contributed by atoms with E-state index >= 15 is 0 Å². The largest absolute Gasteiger partial charge is 0.378 e. The van der Waals surface area contributed by atoms with Gasteiger partial charge in [-0.1, -0.05) is 6.08 Å². The molecule has 0 atom stereocenters. The Kier molecular flexibility index (Phi) is 15.1. The van der Waals surface area contributed by atoms with Crippen molar-refractivity contribution in [2.45, 2.75) is 0 Å². The lowest BCUT2D eigenvalue weighted by atomic mass is 10.6. The molecule has 0 aromatic carbocycles. The highest BCUT2D eigenvalue weighted by Crippen LogP contribution is 1.82. The topological polar surface area (TPSA) is 49.0 Å². The first-order chi connectivity index (χ1) is 8.41. The second-order valence-electron chi connectivity index (χ2n) is 3.30. The molecule has 0 rings (SSSR count). The molecule has 0 saturated carbocycles. The van der Waals surface area contributed by atoms with Gasteiger partial charge in [0, 0.05) is 6.54 Å². The summed E-state index contributed by atoms with van der Waals surface area (Å²) in [7, 11) is 1.90. The molecule has 0 aliphatic heterocycles. The van der Waals surface area contributed by atoms with Gasteiger partial charge >= 0.3 is 0 Å². The van der Waals surface area contributed by atoms with E-state index < -0.39 is 0 Å². The van der Waals surface area contributed by atoms with Crippen LogP contribution in [0.1, 0.15) is 0 Å². The van der Waals surface area contributed by atoms with E-state index in [2.05, 4.69) is 11.9 Å². The third kappa shape index (κ3) is 15.5. The first-order valence-electron chi connectivity index (χ1n) is 5.98. The summed E-state index contributed by atoms with van der Waals surface area (Å²) < 4.78 is 21.0. The maximum absolute atomic E-state index is 5.31. The minimum atomic E-state index is 0.573. The highest BCUT2D eigenvalue weighted by atomic mass is 16.6. The summed E-state index contributed by atoms with van der Waals surface area (Å²) in [5, 5.41) is 3.00. The van der Waals surface area contributed by atoms with Gasteiger partial charge in [0.05, 0.1) is 52.9 Å². The lowest BCUT2D eigenvalue weighted by Gasteiger charge is -2.06. The van der Waals surface area contributed by atoms with Crippen LogP contribution in [0.4, 0.5) is 0 Å². The maximum Gasteiger partial charge on any atom is 0.0704 e. The van der Waals surface area contributed by atoms with E-state index in [1.54, 1.807) is 6.08 Å². The Balaban J connectivity index is 2.87. The highest BCUT2D eigenvalue weighted by Gasteiger charge is 1.91. The number of hydrogen-bond donors (Lipinski definition) is 1. The number of likely N-dealkylation sites (N-methyl/N-ethyl adjacent to an activating group) is 1. The van der Waals surface area contributed by atoms with Gasteiger partial charge < -0.3 is 24.3 Å². The molecule has 0 fully saturated rings. The van der Waals surface area contributed by atoms with E-state index in [4.69, 9.17) is 18.9 Å². The molecule has 0 bridgehead atoms. The number of nitrogens with one attached hydrogen (secondary N) is 1. The first-order valence-corrected chi connectivity index (χ1v) is 5.98. The van der Waals surface area contributed by atoms with Crippen molar-refractivity contribution in [2.75, 3.05) is 66.4 Å². The van der Waals surface area contributed by atoms with E-state index in [1.807, 2.05) is 7.05 Å². The van der Waals surface area contributed by atoms with Crippen molar-refractivity contribution in [1.29, 1.82) is 0 Å². The number of rotatable bonds is 14. The molecule has 0 saturated heterocycles. The maximum atomic E-state index is 5.31. The second kappa shape index (κ2) is 15.5. The zero-order chi connectivity index (χ0) is 12.6. The molecule has 0 spiro atoms. The first kappa shape index (κ1) is 16.5. The Bertz CT molecular complexity index is 155. The average Bonchev–Trinajstić information content (AvgIpc) is 2.35. The Morgan fingerprint density at radius 1 is 0.824 bits per heavy atom. The van der Waals surface area contributed by atoms with Crippen LogP contribution >= 0.6 is 0 Å². The van der Waals surface area contributed by atoms with Crippen molar-refractivity contribution in [3.8, 4) is 0 Å². The molecule has 0 aromatic heterocycles. The summed E-state index contributed by atoms with van der Waals surface area (Å²) in [5.74, 6) is 0. The Hall–Kier alpha value is -0.460. The molecular weight excluding hydrogens is 222 g/mol. The van der Waals surface area contributed by atoms with Crippen LogP contribution in [-0.2, 0) is 18.9 Å². The SMILES string of the molecule is C=CCOCCOCCOCCOCCNC. The normalized spacial score (nSPS) is 10.6. The lowest BCUT2D eigenvalue weighted by Crippen LogP contribution is -2.17. The van der Waals surface area contributed by atoms with Crippen LogP contribution in [0.5, 0.6) is 0 Å². The Morgan fingerprint density at radius 3 is 1.76 bits per heavy atom. The molecule has 1 N–H and O–H groups in total. The molecule has 0 aliphatic rings. The van der Waals surface area contributed by atoms with E-state index in [1.165, 1.54) is 0 Å². The Labute approximate surface area is 104 Å². The minimum Gasteiger partial charge on any atom is -0.378 e. The van der Waals surface area contributed by atoms with Crippen molar-refractivity contribution in [3.63, 3.8) is 0 Å². The fraction of sp³-hybridized carbons (Fsp3) is 0.833. The van der Waals surface area contributed by atoms with Gasteiger partial charge in [0.15, 0.2) is 0 Å². The van der Waals surface area contributed by atoms with Crippen molar-refractivity contribution in [1.82, 2.24) is 5.32 Å². The van der Waals surface area contributed by atoms with Crippen molar-refractivity contribution >= 4 is 0 Å². The van der Waals surface area contributed by atoms with Crippen LogP contribution in [0.3, 0.4) is 0 Å². The van der Waals surface area contributed by atoms with E-state index in [9.17, 15) is 0 Å². The summed E-state index contributed by atoms with van der Waals surface area (Å²) in [6.07, 6.45) is 1.72. The van der Waals surface area contributed by atoms with Crippen LogP contribution < -0.4 is 5.32 Å². The molecule has 0 aliphatic carbocycles. The van der Waals surface area contributed by atoms with Crippen LogP contribution in [0.2, 0.25) is 0 Å². The monoisotopic (exact) mass is 247 g/mol. The third-order valence-corrected chi connectivity index (χ3v) is 1.85. The number of ether oxygens (including phenoxy) is 4. The lowest BCUT2D eigenvalue weighted by molar-refractivity contribution is 0.00142. The van der Waals surface area contributed by atoms with Gasteiger partial charge in [-0.05, 0) is 7.05 Å². The van der Waals surface area contributed by atoms with Crippen LogP contribution in [-0.4, -0.2) is 66.4 Å². The van der Waals surface area contributed by atoms with Crippen LogP contribution in [0.15, 0.2) is 12.7 Å². The van der Waals surface area contributed by atoms with Gasteiger partial charge in [0.2, 0.25) is 0 Å². The van der Waals surface area contributed by atoms with E-state index in [0.717, 1.165) is 13.2 Å². The molecule has 0 amide bonds. The molecule has 17 heavy (non-hydrogen) atoms. The molecule has 0 unspecified atom stereocenters. The van der Waals surface area contributed by atoms with Gasteiger partial charge in [-0.15, -0.1) is 6.58 Å². The van der Waals surface area contributed by atoms with Gasteiger partial charge in [-0.2, -0.15) is 0 Å². The second-order valence-corrected chi connectivity index (χ2v) is 3.30. The van der Waals surface area contributed by atoms with Crippen molar-refractivity contribution < 1.29 is 18.9 Å². The fourth-order valence-corrected chi connectivity index (χ4v) is 1.00. The highest BCUT2D eigenvalue weighted by molar-refractivity contribution is 4.63. The number of hydrogen-bond acceptors (Lipinski definition) is 5. The minimum absolute atomic E-state index is 0.573. The summed E-state index contributed by atoms with van der Waals surface area (Å²) in [6.45, 7) is 9.33. The third-order valence-electron chi connectivity index (χ3n) is 1.85. The smallest absolute Gasteiger partial charge is 0.0704 e. The molecule has 5 heteroatoms. The van der Waals surface area contributed by atoms with Crippen molar-refractivity contribution in [3.05, 3.63) is 12.7 Å². The molecular formula is C12H25NO4. The standard InChI is InChI=1S/C12H25NO4/c1-3-5-14-7-9-16-11-12-17-10-8-15-6-4-13-2/h3,13H,1,4-12H2,2H3. The average molecular weight is 247 g/mol. The zero-order valence-electron chi connectivity index (χ0n) is 10.8. The molecule has 5 nitrogen and oxygen atoms in total. The summed E-state index contributed by atoms with van der Waals surface area (Å²) in [4.78, 5) is 0.